The molecule has 1 aromatic heterocycles. The molecule has 0 saturated heterocycles. The largest absolute Gasteiger partial charge is 0.495 e. The van der Waals surface area contributed by atoms with Gasteiger partial charge in [-0.05, 0) is 34.5 Å². The molecule has 0 fully saturated rings. The van der Waals surface area contributed by atoms with Gasteiger partial charge in [0.25, 0.3) is 0 Å². The highest BCUT2D eigenvalue weighted by Gasteiger charge is 2.18. The molecule has 3 nitrogen and oxygen atoms in total. The lowest BCUT2D eigenvalue weighted by atomic mass is 10.1. The zero-order valence-corrected chi connectivity index (χ0v) is 11.5. The minimum absolute atomic E-state index is 0.174. The van der Waals surface area contributed by atoms with Crippen molar-refractivity contribution >= 4 is 17.0 Å². The van der Waals surface area contributed by atoms with E-state index in [0.717, 1.165) is 11.4 Å². The summed E-state index contributed by atoms with van der Waals surface area (Å²) in [7, 11) is 3.74. The van der Waals surface area contributed by atoms with Crippen LogP contribution in [0.15, 0.2) is 41.1 Å². The second kappa shape index (κ2) is 5.89. The van der Waals surface area contributed by atoms with Crippen LogP contribution in [0.4, 0.5) is 5.69 Å². The molecule has 4 heteroatoms. The molecule has 2 rings (SSSR count). The number of likely N-dealkylation sites (N-methyl/N-ethyl adjacent to an activating group) is 1. The van der Waals surface area contributed by atoms with Crippen LogP contribution in [-0.2, 0) is 0 Å². The maximum Gasteiger partial charge on any atom is 0.142 e. The summed E-state index contributed by atoms with van der Waals surface area (Å²) in [6, 6.07) is 10.3. The van der Waals surface area contributed by atoms with Gasteiger partial charge in [0.2, 0.25) is 0 Å². The van der Waals surface area contributed by atoms with Crippen LogP contribution < -0.4 is 15.4 Å². The van der Waals surface area contributed by atoms with Gasteiger partial charge in [0, 0.05) is 13.6 Å². The number of ether oxygens (including phenoxy) is 1. The molecule has 2 N–H and O–H groups in total. The third-order valence-corrected chi connectivity index (χ3v) is 3.79. The van der Waals surface area contributed by atoms with Crippen LogP contribution in [0.5, 0.6) is 5.75 Å². The first-order valence-corrected chi connectivity index (χ1v) is 6.80. The molecule has 0 aliphatic rings. The van der Waals surface area contributed by atoms with Crippen LogP contribution in [-0.4, -0.2) is 20.7 Å². The highest BCUT2D eigenvalue weighted by Crippen LogP contribution is 2.32. The van der Waals surface area contributed by atoms with Crippen molar-refractivity contribution < 1.29 is 4.74 Å². The summed E-state index contributed by atoms with van der Waals surface area (Å²) in [5.74, 6) is 0.869. The Labute approximate surface area is 112 Å². The molecule has 1 unspecified atom stereocenters. The normalized spacial score (nSPS) is 12.2. The lowest BCUT2D eigenvalue weighted by Gasteiger charge is -2.29. The van der Waals surface area contributed by atoms with Gasteiger partial charge in [-0.2, -0.15) is 11.3 Å². The van der Waals surface area contributed by atoms with Gasteiger partial charge in [-0.25, -0.2) is 0 Å². The molecule has 0 aliphatic carbocycles. The Morgan fingerprint density at radius 1 is 1.33 bits per heavy atom. The van der Waals surface area contributed by atoms with Crippen molar-refractivity contribution in [1.82, 2.24) is 0 Å². The summed E-state index contributed by atoms with van der Waals surface area (Å²) >= 11 is 1.69. The molecule has 0 spiro atoms. The fraction of sp³-hybridized carbons (Fsp3) is 0.286. The average molecular weight is 262 g/mol. The molecular weight excluding hydrogens is 244 g/mol. The maximum atomic E-state index is 5.92. The minimum Gasteiger partial charge on any atom is -0.495 e. The number of hydrogen-bond acceptors (Lipinski definition) is 4. The third-order valence-electron chi connectivity index (χ3n) is 3.08. The van der Waals surface area contributed by atoms with E-state index in [4.69, 9.17) is 10.5 Å². The Bertz CT molecular complexity index is 484. The molecule has 0 saturated carbocycles. The molecular formula is C14H18N2OS. The van der Waals surface area contributed by atoms with E-state index in [1.165, 1.54) is 5.56 Å². The number of nitrogens with two attached hydrogens (primary N) is 1. The molecule has 0 radical (unpaired) electrons. The van der Waals surface area contributed by atoms with Crippen molar-refractivity contribution in [3.8, 4) is 5.75 Å². The molecule has 96 valence electrons. The fourth-order valence-electron chi connectivity index (χ4n) is 2.07. The van der Waals surface area contributed by atoms with Gasteiger partial charge in [0.05, 0.1) is 18.8 Å². The van der Waals surface area contributed by atoms with Crippen molar-refractivity contribution in [2.75, 3.05) is 25.6 Å². The zero-order valence-electron chi connectivity index (χ0n) is 10.7. The number of anilines is 1. The van der Waals surface area contributed by atoms with Crippen molar-refractivity contribution in [2.45, 2.75) is 6.04 Å². The lowest BCUT2D eigenvalue weighted by molar-refractivity contribution is 0.413. The Kier molecular flexibility index (Phi) is 4.23. The molecule has 0 bridgehead atoms. The van der Waals surface area contributed by atoms with Crippen LogP contribution in [0.3, 0.4) is 0 Å². The highest BCUT2D eigenvalue weighted by molar-refractivity contribution is 7.08. The SMILES string of the molecule is COc1ccccc1N(C)C(CN)c1ccsc1. The fourth-order valence-corrected chi connectivity index (χ4v) is 2.78. The number of benzene rings is 1. The van der Waals surface area contributed by atoms with Crippen molar-refractivity contribution in [1.29, 1.82) is 0 Å². The quantitative estimate of drug-likeness (QED) is 0.900. The Hall–Kier alpha value is -1.52. The van der Waals surface area contributed by atoms with Crippen molar-refractivity contribution in [2.24, 2.45) is 5.73 Å². The minimum atomic E-state index is 0.174. The summed E-state index contributed by atoms with van der Waals surface area (Å²) in [6.45, 7) is 0.575. The van der Waals surface area contributed by atoms with Gasteiger partial charge < -0.3 is 15.4 Å². The molecule has 1 aromatic carbocycles. The lowest BCUT2D eigenvalue weighted by Crippen LogP contribution is -2.30. The summed E-state index contributed by atoms with van der Waals surface area (Å²) in [5, 5.41) is 4.22. The second-order valence-corrected chi connectivity index (χ2v) is 4.87. The molecule has 18 heavy (non-hydrogen) atoms. The first kappa shape index (κ1) is 12.9. The van der Waals surface area contributed by atoms with Crippen molar-refractivity contribution in [3.63, 3.8) is 0 Å². The van der Waals surface area contributed by atoms with E-state index in [1.54, 1.807) is 18.4 Å². The van der Waals surface area contributed by atoms with E-state index >= 15 is 0 Å². The van der Waals surface area contributed by atoms with E-state index < -0.39 is 0 Å². The van der Waals surface area contributed by atoms with E-state index in [0.29, 0.717) is 6.54 Å². The van der Waals surface area contributed by atoms with Gasteiger partial charge in [0.15, 0.2) is 0 Å². The van der Waals surface area contributed by atoms with Gasteiger partial charge in [-0.15, -0.1) is 0 Å². The summed E-state index contributed by atoms with van der Waals surface area (Å²) < 4.78 is 5.40. The summed E-state index contributed by atoms with van der Waals surface area (Å²) in [5.41, 5.74) is 8.22. The topological polar surface area (TPSA) is 38.5 Å². The zero-order chi connectivity index (χ0) is 13.0. The first-order chi connectivity index (χ1) is 8.77. The van der Waals surface area contributed by atoms with Crippen LogP contribution in [0.1, 0.15) is 11.6 Å². The van der Waals surface area contributed by atoms with Crippen LogP contribution in [0.25, 0.3) is 0 Å². The molecule has 1 heterocycles. The Morgan fingerprint density at radius 2 is 2.11 bits per heavy atom. The van der Waals surface area contributed by atoms with Gasteiger partial charge in [-0.1, -0.05) is 12.1 Å². The Morgan fingerprint density at radius 3 is 2.72 bits per heavy atom. The number of hydrogen-bond donors (Lipinski definition) is 1. The van der Waals surface area contributed by atoms with E-state index in [1.807, 2.05) is 31.3 Å². The highest BCUT2D eigenvalue weighted by atomic mass is 32.1. The smallest absolute Gasteiger partial charge is 0.142 e. The predicted molar refractivity (Wildman–Crippen MR) is 77.5 cm³/mol. The summed E-state index contributed by atoms with van der Waals surface area (Å²) in [6.07, 6.45) is 0. The number of nitrogens with zero attached hydrogens (tertiary/aromatic N) is 1. The number of thiophene rings is 1. The molecule has 0 amide bonds. The van der Waals surface area contributed by atoms with Gasteiger partial charge >= 0.3 is 0 Å². The van der Waals surface area contributed by atoms with E-state index in [-0.39, 0.29) is 6.04 Å². The Balaban J connectivity index is 2.31. The van der Waals surface area contributed by atoms with Crippen LogP contribution >= 0.6 is 11.3 Å². The van der Waals surface area contributed by atoms with Crippen LogP contribution in [0.2, 0.25) is 0 Å². The van der Waals surface area contributed by atoms with E-state index in [2.05, 4.69) is 21.7 Å². The number of methoxy groups -OCH3 is 1. The molecule has 0 aliphatic heterocycles. The van der Waals surface area contributed by atoms with E-state index in [9.17, 15) is 0 Å². The monoisotopic (exact) mass is 262 g/mol. The summed E-state index contributed by atoms with van der Waals surface area (Å²) in [4.78, 5) is 2.17. The predicted octanol–water partition coefficient (Wildman–Crippen LogP) is 2.89. The second-order valence-electron chi connectivity index (χ2n) is 4.09. The van der Waals surface area contributed by atoms with Gasteiger partial charge in [0.1, 0.15) is 5.75 Å². The number of rotatable bonds is 5. The van der Waals surface area contributed by atoms with Crippen molar-refractivity contribution in [3.05, 3.63) is 46.7 Å². The molecule has 2 aromatic rings. The van der Waals surface area contributed by atoms with Gasteiger partial charge in [-0.3, -0.25) is 0 Å². The molecule has 1 atom stereocenters. The number of para-hydroxylation sites is 2. The first-order valence-electron chi connectivity index (χ1n) is 5.86. The average Bonchev–Trinajstić information content (AvgIpc) is 2.93. The third kappa shape index (κ3) is 2.49. The maximum absolute atomic E-state index is 5.92. The van der Waals surface area contributed by atoms with Crippen LogP contribution in [0, 0.1) is 0 Å². The standard InChI is InChI=1S/C14H18N2OS/c1-16(12-5-3-4-6-14(12)17-2)13(9-15)11-7-8-18-10-11/h3-8,10,13H,9,15H2,1-2H3.